The summed E-state index contributed by atoms with van der Waals surface area (Å²) in [5.41, 5.74) is 3.61. The first-order chi connectivity index (χ1) is 7.61. The Hall–Kier alpha value is -1.51. The average molecular weight is 219 g/mol. The largest absolute Gasteiger partial charge is 0.481 e. The zero-order valence-corrected chi connectivity index (χ0v) is 9.73. The molecule has 1 N–H and O–H groups in total. The summed E-state index contributed by atoms with van der Waals surface area (Å²) in [6, 6.07) is 6.32. The number of fused-ring (bicyclic) bond motifs is 1. The first-order valence-electron chi connectivity index (χ1n) is 5.69. The van der Waals surface area contributed by atoms with Crippen LogP contribution in [0.3, 0.4) is 0 Å². The van der Waals surface area contributed by atoms with E-state index in [1.54, 1.807) is 0 Å². The molecular weight excluding hydrogens is 202 g/mol. The van der Waals surface area contributed by atoms with Gasteiger partial charge < -0.3 is 10.0 Å². The van der Waals surface area contributed by atoms with Crippen LogP contribution in [0.25, 0.3) is 0 Å². The Morgan fingerprint density at radius 2 is 2.31 bits per heavy atom. The minimum absolute atomic E-state index is 0.146. The van der Waals surface area contributed by atoms with Crippen molar-refractivity contribution in [3.8, 4) is 0 Å². The lowest BCUT2D eigenvalue weighted by Gasteiger charge is -2.16. The number of carboxylic acid groups (broad SMARTS) is 1. The lowest BCUT2D eigenvalue weighted by atomic mass is 9.96. The topological polar surface area (TPSA) is 40.5 Å². The monoisotopic (exact) mass is 219 g/mol. The maximum absolute atomic E-state index is 10.8. The van der Waals surface area contributed by atoms with Crippen LogP contribution in [0.1, 0.15) is 30.4 Å². The zero-order chi connectivity index (χ0) is 11.7. The molecule has 86 valence electrons. The predicted octanol–water partition coefficient (Wildman–Crippen LogP) is 2.39. The molecule has 0 radical (unpaired) electrons. The van der Waals surface area contributed by atoms with E-state index >= 15 is 0 Å². The Morgan fingerprint density at radius 1 is 1.56 bits per heavy atom. The smallest absolute Gasteiger partial charge is 0.304 e. The van der Waals surface area contributed by atoms with Gasteiger partial charge in [-0.25, -0.2) is 0 Å². The van der Waals surface area contributed by atoms with E-state index in [2.05, 4.69) is 30.0 Å². The van der Waals surface area contributed by atoms with Crippen molar-refractivity contribution in [1.29, 1.82) is 0 Å². The standard InChI is InChI=1S/C13H17NO2/c1-3-14-8-10(7-13(15)16)11-6-9(2)4-5-12(11)14/h4-6,10H,3,7-8H2,1-2H3,(H,15,16). The maximum atomic E-state index is 10.8. The summed E-state index contributed by atoms with van der Waals surface area (Å²) in [6.07, 6.45) is 0.229. The highest BCUT2D eigenvalue weighted by molar-refractivity contribution is 5.71. The van der Waals surface area contributed by atoms with Crippen LogP contribution in [0.15, 0.2) is 18.2 Å². The van der Waals surface area contributed by atoms with Crippen molar-refractivity contribution < 1.29 is 9.90 Å². The molecule has 0 saturated carbocycles. The second kappa shape index (κ2) is 4.16. The highest BCUT2D eigenvalue weighted by Crippen LogP contribution is 2.38. The van der Waals surface area contributed by atoms with Gasteiger partial charge in [0.2, 0.25) is 0 Å². The molecule has 0 aromatic heterocycles. The number of rotatable bonds is 3. The third-order valence-electron chi connectivity index (χ3n) is 3.21. The van der Waals surface area contributed by atoms with E-state index in [1.807, 2.05) is 6.92 Å². The summed E-state index contributed by atoms with van der Waals surface area (Å²) >= 11 is 0. The number of hydrogen-bond donors (Lipinski definition) is 1. The Morgan fingerprint density at radius 3 is 2.94 bits per heavy atom. The lowest BCUT2D eigenvalue weighted by Crippen LogP contribution is -2.21. The summed E-state index contributed by atoms with van der Waals surface area (Å²) in [4.78, 5) is 13.1. The first-order valence-corrected chi connectivity index (χ1v) is 5.69. The minimum Gasteiger partial charge on any atom is -0.481 e. The molecule has 3 heteroatoms. The van der Waals surface area contributed by atoms with Crippen molar-refractivity contribution in [2.45, 2.75) is 26.2 Å². The van der Waals surface area contributed by atoms with Gasteiger partial charge >= 0.3 is 5.97 Å². The number of hydrogen-bond acceptors (Lipinski definition) is 2. The average Bonchev–Trinajstić information content (AvgIpc) is 2.55. The molecule has 1 aromatic rings. The first kappa shape index (κ1) is 11.0. The Balaban J connectivity index is 2.35. The Kier molecular flexibility index (Phi) is 2.86. The number of likely N-dealkylation sites (N-methyl/N-ethyl adjacent to an activating group) is 1. The molecule has 0 amide bonds. The Bertz CT molecular complexity index is 414. The lowest BCUT2D eigenvalue weighted by molar-refractivity contribution is -0.137. The molecule has 0 fully saturated rings. The summed E-state index contributed by atoms with van der Waals surface area (Å²) < 4.78 is 0. The van der Waals surface area contributed by atoms with E-state index in [4.69, 9.17) is 5.11 Å². The van der Waals surface area contributed by atoms with Gasteiger partial charge in [0.05, 0.1) is 6.42 Å². The number of nitrogens with zero attached hydrogens (tertiary/aromatic N) is 1. The van der Waals surface area contributed by atoms with E-state index in [0.717, 1.165) is 13.1 Å². The summed E-state index contributed by atoms with van der Waals surface area (Å²) in [5, 5.41) is 8.91. The summed E-state index contributed by atoms with van der Waals surface area (Å²) in [6.45, 7) is 5.92. The van der Waals surface area contributed by atoms with Gasteiger partial charge in [-0.3, -0.25) is 4.79 Å². The fourth-order valence-electron chi connectivity index (χ4n) is 2.44. The second-order valence-electron chi connectivity index (χ2n) is 4.40. The normalized spacial score (nSPS) is 18.6. The van der Waals surface area contributed by atoms with E-state index in [-0.39, 0.29) is 12.3 Å². The quantitative estimate of drug-likeness (QED) is 0.848. The van der Waals surface area contributed by atoms with E-state index in [1.165, 1.54) is 16.8 Å². The van der Waals surface area contributed by atoms with E-state index in [0.29, 0.717) is 0 Å². The predicted molar refractivity (Wildman–Crippen MR) is 64.1 cm³/mol. The number of benzene rings is 1. The number of carbonyl (C=O) groups is 1. The molecule has 0 spiro atoms. The molecule has 0 saturated heterocycles. The highest BCUT2D eigenvalue weighted by Gasteiger charge is 2.29. The summed E-state index contributed by atoms with van der Waals surface area (Å²) in [7, 11) is 0. The van der Waals surface area contributed by atoms with Gasteiger partial charge in [-0.05, 0) is 25.5 Å². The molecule has 1 unspecified atom stereocenters. The molecule has 1 aliphatic heterocycles. The minimum atomic E-state index is -0.713. The molecule has 2 rings (SSSR count). The van der Waals surface area contributed by atoms with Crippen molar-refractivity contribution in [3.05, 3.63) is 29.3 Å². The fraction of sp³-hybridized carbons (Fsp3) is 0.462. The van der Waals surface area contributed by atoms with Gasteiger partial charge in [-0.15, -0.1) is 0 Å². The van der Waals surface area contributed by atoms with Crippen LogP contribution in [-0.4, -0.2) is 24.2 Å². The molecule has 1 atom stereocenters. The SMILES string of the molecule is CCN1CC(CC(=O)O)c2cc(C)ccc21. The van der Waals surface area contributed by atoms with Crippen LogP contribution < -0.4 is 4.90 Å². The number of anilines is 1. The van der Waals surface area contributed by atoms with Crippen molar-refractivity contribution in [1.82, 2.24) is 0 Å². The fourth-order valence-corrected chi connectivity index (χ4v) is 2.44. The molecule has 3 nitrogen and oxygen atoms in total. The number of aliphatic carboxylic acids is 1. The molecule has 1 heterocycles. The molecule has 0 bridgehead atoms. The van der Waals surface area contributed by atoms with Crippen LogP contribution in [0.4, 0.5) is 5.69 Å². The van der Waals surface area contributed by atoms with Crippen molar-refractivity contribution in [2.75, 3.05) is 18.0 Å². The van der Waals surface area contributed by atoms with Crippen molar-refractivity contribution in [2.24, 2.45) is 0 Å². The van der Waals surface area contributed by atoms with Gasteiger partial charge in [0.15, 0.2) is 0 Å². The molecule has 1 aliphatic rings. The van der Waals surface area contributed by atoms with E-state index in [9.17, 15) is 4.79 Å². The maximum Gasteiger partial charge on any atom is 0.304 e. The number of aryl methyl sites for hydroxylation is 1. The van der Waals surface area contributed by atoms with Gasteiger partial charge in [-0.2, -0.15) is 0 Å². The van der Waals surface area contributed by atoms with Crippen LogP contribution >= 0.6 is 0 Å². The molecule has 1 aromatic carbocycles. The molecule has 16 heavy (non-hydrogen) atoms. The Labute approximate surface area is 95.7 Å². The van der Waals surface area contributed by atoms with Crippen LogP contribution in [-0.2, 0) is 4.79 Å². The van der Waals surface area contributed by atoms with Crippen LogP contribution in [0, 0.1) is 6.92 Å². The van der Waals surface area contributed by atoms with Crippen LogP contribution in [0.2, 0.25) is 0 Å². The van der Waals surface area contributed by atoms with Gasteiger partial charge in [0.25, 0.3) is 0 Å². The van der Waals surface area contributed by atoms with Crippen molar-refractivity contribution in [3.63, 3.8) is 0 Å². The third-order valence-corrected chi connectivity index (χ3v) is 3.21. The summed E-state index contributed by atoms with van der Waals surface area (Å²) in [5.74, 6) is -0.567. The van der Waals surface area contributed by atoms with Gasteiger partial charge in [0.1, 0.15) is 0 Å². The van der Waals surface area contributed by atoms with Crippen LogP contribution in [0.5, 0.6) is 0 Å². The zero-order valence-electron chi connectivity index (χ0n) is 9.73. The molecule has 0 aliphatic carbocycles. The highest BCUT2D eigenvalue weighted by atomic mass is 16.4. The van der Waals surface area contributed by atoms with Gasteiger partial charge in [0, 0.05) is 24.7 Å². The third kappa shape index (κ3) is 1.90. The second-order valence-corrected chi connectivity index (χ2v) is 4.40. The van der Waals surface area contributed by atoms with Crippen molar-refractivity contribution >= 4 is 11.7 Å². The number of carboxylic acids is 1. The van der Waals surface area contributed by atoms with E-state index < -0.39 is 5.97 Å². The van der Waals surface area contributed by atoms with Gasteiger partial charge in [-0.1, -0.05) is 17.7 Å². The molecular formula is C13H17NO2.